The van der Waals surface area contributed by atoms with Crippen LogP contribution in [0.25, 0.3) is 0 Å². The number of carbonyl (C=O) groups excluding carboxylic acids is 1. The minimum absolute atomic E-state index is 0.174. The van der Waals surface area contributed by atoms with Crippen molar-refractivity contribution >= 4 is 11.6 Å². The zero-order valence-electron chi connectivity index (χ0n) is 10.0. The molecule has 3 nitrogen and oxygen atoms in total. The Morgan fingerprint density at radius 1 is 1.35 bits per heavy atom. The van der Waals surface area contributed by atoms with Gasteiger partial charge in [-0.25, -0.2) is 0 Å². The highest BCUT2D eigenvalue weighted by atomic mass is 16.3. The average molecular weight is 231 g/mol. The van der Waals surface area contributed by atoms with Crippen molar-refractivity contribution in [2.45, 2.75) is 31.8 Å². The number of rotatable bonds is 2. The first kappa shape index (κ1) is 10.8. The Morgan fingerprint density at radius 2 is 2.12 bits per heavy atom. The molecule has 2 aliphatic rings. The lowest BCUT2D eigenvalue weighted by molar-refractivity contribution is -0.118. The molecule has 0 spiro atoms. The van der Waals surface area contributed by atoms with Crippen LogP contribution >= 0.6 is 0 Å². The van der Waals surface area contributed by atoms with Gasteiger partial charge in [0, 0.05) is 19.2 Å². The topological polar surface area (TPSA) is 40.5 Å². The van der Waals surface area contributed by atoms with Crippen LogP contribution in [0.3, 0.4) is 0 Å². The monoisotopic (exact) mass is 231 g/mol. The van der Waals surface area contributed by atoms with Gasteiger partial charge in [-0.2, -0.15) is 0 Å². The van der Waals surface area contributed by atoms with E-state index < -0.39 is 0 Å². The fourth-order valence-corrected chi connectivity index (χ4v) is 2.54. The van der Waals surface area contributed by atoms with Crippen molar-refractivity contribution in [2.75, 3.05) is 11.9 Å². The summed E-state index contributed by atoms with van der Waals surface area (Å²) in [5.74, 6) is 0.629. The molecule has 1 aromatic rings. The van der Waals surface area contributed by atoms with Crippen LogP contribution in [-0.2, 0) is 11.2 Å². The second-order valence-corrected chi connectivity index (χ2v) is 5.12. The maximum Gasteiger partial charge on any atom is 0.227 e. The maximum absolute atomic E-state index is 11.6. The SMILES string of the molecule is CN1C(=O)CCc2cc(C(O)C3CC3)ccc21. The van der Waals surface area contributed by atoms with Gasteiger partial charge >= 0.3 is 0 Å². The predicted molar refractivity (Wildman–Crippen MR) is 65.9 cm³/mol. The highest BCUT2D eigenvalue weighted by Gasteiger charge is 2.31. The number of aryl methyl sites for hydroxylation is 1. The fourth-order valence-electron chi connectivity index (χ4n) is 2.54. The molecule has 1 fully saturated rings. The van der Waals surface area contributed by atoms with Crippen molar-refractivity contribution in [2.24, 2.45) is 5.92 Å². The zero-order valence-corrected chi connectivity index (χ0v) is 10.0. The third kappa shape index (κ3) is 1.84. The van der Waals surface area contributed by atoms with Crippen LogP contribution in [0.5, 0.6) is 0 Å². The molecule has 1 aliphatic carbocycles. The summed E-state index contributed by atoms with van der Waals surface area (Å²) >= 11 is 0. The number of fused-ring (bicyclic) bond motifs is 1. The maximum atomic E-state index is 11.6. The molecular weight excluding hydrogens is 214 g/mol. The van der Waals surface area contributed by atoms with Crippen LogP contribution < -0.4 is 4.90 Å². The largest absolute Gasteiger partial charge is 0.388 e. The summed E-state index contributed by atoms with van der Waals surface area (Å²) in [7, 11) is 1.82. The van der Waals surface area contributed by atoms with Crippen molar-refractivity contribution in [3.63, 3.8) is 0 Å². The molecule has 1 saturated carbocycles. The molecule has 17 heavy (non-hydrogen) atoms. The van der Waals surface area contributed by atoms with Crippen LogP contribution in [-0.4, -0.2) is 18.1 Å². The van der Waals surface area contributed by atoms with Gasteiger partial charge in [-0.05, 0) is 42.4 Å². The molecule has 0 aromatic heterocycles. The zero-order chi connectivity index (χ0) is 12.0. The molecule has 3 rings (SSSR count). The number of aliphatic hydroxyl groups excluding tert-OH is 1. The van der Waals surface area contributed by atoms with Gasteiger partial charge in [0.1, 0.15) is 0 Å². The molecular formula is C14H17NO2. The van der Waals surface area contributed by atoms with E-state index in [1.165, 1.54) is 5.56 Å². The number of nitrogens with zero attached hydrogens (tertiary/aromatic N) is 1. The summed E-state index contributed by atoms with van der Waals surface area (Å²) in [5, 5.41) is 10.1. The number of aliphatic hydroxyl groups is 1. The third-order valence-electron chi connectivity index (χ3n) is 3.86. The van der Waals surface area contributed by atoms with Crippen molar-refractivity contribution in [3.8, 4) is 0 Å². The first-order chi connectivity index (χ1) is 8.16. The van der Waals surface area contributed by atoms with Crippen molar-refractivity contribution in [3.05, 3.63) is 29.3 Å². The van der Waals surface area contributed by atoms with E-state index in [9.17, 15) is 9.90 Å². The molecule has 0 bridgehead atoms. The van der Waals surface area contributed by atoms with E-state index in [1.807, 2.05) is 19.2 Å². The fraction of sp³-hybridized carbons (Fsp3) is 0.500. The molecule has 1 heterocycles. The molecule has 0 saturated heterocycles. The molecule has 1 aromatic carbocycles. The van der Waals surface area contributed by atoms with E-state index in [0.717, 1.165) is 30.5 Å². The average Bonchev–Trinajstić information content (AvgIpc) is 3.17. The van der Waals surface area contributed by atoms with Gasteiger partial charge < -0.3 is 10.0 Å². The lowest BCUT2D eigenvalue weighted by Gasteiger charge is -2.26. The Morgan fingerprint density at radius 3 is 2.82 bits per heavy atom. The first-order valence-corrected chi connectivity index (χ1v) is 6.24. The van der Waals surface area contributed by atoms with E-state index in [2.05, 4.69) is 6.07 Å². The molecule has 1 amide bonds. The van der Waals surface area contributed by atoms with Gasteiger partial charge in [0.2, 0.25) is 5.91 Å². The second kappa shape index (κ2) is 3.84. The Labute approximate surface area is 101 Å². The van der Waals surface area contributed by atoms with Gasteiger partial charge in [0.05, 0.1) is 6.10 Å². The Bertz CT molecular complexity index is 465. The molecule has 1 atom stereocenters. The normalized spacial score (nSPS) is 21.3. The molecule has 3 heteroatoms. The van der Waals surface area contributed by atoms with Crippen LogP contribution in [0.15, 0.2) is 18.2 Å². The Kier molecular flexibility index (Phi) is 2.44. The predicted octanol–water partition coefficient (Wildman–Crippen LogP) is 2.04. The van der Waals surface area contributed by atoms with Crippen molar-refractivity contribution in [1.29, 1.82) is 0 Å². The van der Waals surface area contributed by atoms with Crippen LogP contribution in [0, 0.1) is 5.92 Å². The van der Waals surface area contributed by atoms with Gasteiger partial charge in [-0.1, -0.05) is 12.1 Å². The number of benzene rings is 1. The summed E-state index contributed by atoms with van der Waals surface area (Å²) in [6.45, 7) is 0. The third-order valence-corrected chi connectivity index (χ3v) is 3.86. The summed E-state index contributed by atoms with van der Waals surface area (Å²) in [4.78, 5) is 13.3. The molecule has 1 N–H and O–H groups in total. The van der Waals surface area contributed by atoms with E-state index in [4.69, 9.17) is 0 Å². The van der Waals surface area contributed by atoms with Gasteiger partial charge in [0.25, 0.3) is 0 Å². The van der Waals surface area contributed by atoms with Crippen LogP contribution in [0.4, 0.5) is 5.69 Å². The van der Waals surface area contributed by atoms with Gasteiger partial charge in [0.15, 0.2) is 0 Å². The minimum Gasteiger partial charge on any atom is -0.388 e. The van der Waals surface area contributed by atoms with Crippen LogP contribution in [0.1, 0.15) is 36.5 Å². The highest BCUT2D eigenvalue weighted by Crippen LogP contribution is 2.42. The second-order valence-electron chi connectivity index (χ2n) is 5.12. The van der Waals surface area contributed by atoms with Gasteiger partial charge in [-0.15, -0.1) is 0 Å². The van der Waals surface area contributed by atoms with E-state index in [-0.39, 0.29) is 12.0 Å². The molecule has 90 valence electrons. The summed E-state index contributed by atoms with van der Waals surface area (Å²) in [6, 6.07) is 5.99. The number of hydrogen-bond donors (Lipinski definition) is 1. The highest BCUT2D eigenvalue weighted by molar-refractivity contribution is 5.95. The number of anilines is 1. The summed E-state index contributed by atoms with van der Waals surface area (Å²) in [6.07, 6.45) is 3.33. The van der Waals surface area contributed by atoms with E-state index >= 15 is 0 Å². The molecule has 0 radical (unpaired) electrons. The molecule has 1 aliphatic heterocycles. The first-order valence-electron chi connectivity index (χ1n) is 6.24. The lowest BCUT2D eigenvalue weighted by atomic mass is 9.96. The number of hydrogen-bond acceptors (Lipinski definition) is 2. The van der Waals surface area contributed by atoms with E-state index in [0.29, 0.717) is 12.3 Å². The molecule has 1 unspecified atom stereocenters. The number of carbonyl (C=O) groups is 1. The Balaban J connectivity index is 1.93. The Hall–Kier alpha value is -1.35. The summed E-state index contributed by atoms with van der Waals surface area (Å²) in [5.41, 5.74) is 3.19. The standard InChI is InChI=1S/C14H17NO2/c1-15-12-6-4-11(14(17)9-2-3-9)8-10(12)5-7-13(15)16/h4,6,8-9,14,17H,2-3,5,7H2,1H3. The smallest absolute Gasteiger partial charge is 0.227 e. The van der Waals surface area contributed by atoms with Crippen LogP contribution in [0.2, 0.25) is 0 Å². The van der Waals surface area contributed by atoms with Crippen molar-refractivity contribution < 1.29 is 9.90 Å². The summed E-state index contributed by atoms with van der Waals surface area (Å²) < 4.78 is 0. The quantitative estimate of drug-likeness (QED) is 0.846. The lowest BCUT2D eigenvalue weighted by Crippen LogP contribution is -2.31. The number of amides is 1. The minimum atomic E-state index is -0.316. The van der Waals surface area contributed by atoms with E-state index in [1.54, 1.807) is 4.90 Å². The van der Waals surface area contributed by atoms with Gasteiger partial charge in [-0.3, -0.25) is 4.79 Å². The van der Waals surface area contributed by atoms with Crippen molar-refractivity contribution in [1.82, 2.24) is 0 Å².